The Hall–Kier alpha value is -3.23. The van der Waals surface area contributed by atoms with Gasteiger partial charge in [0.1, 0.15) is 6.61 Å². The van der Waals surface area contributed by atoms with Gasteiger partial charge in [-0.25, -0.2) is 4.79 Å². The molecule has 3 aromatic carbocycles. The number of primary amides is 1. The van der Waals surface area contributed by atoms with Crippen LogP contribution in [0.25, 0.3) is 0 Å². The molecule has 0 saturated carbocycles. The van der Waals surface area contributed by atoms with Gasteiger partial charge in [-0.05, 0) is 16.7 Å². The van der Waals surface area contributed by atoms with Crippen LogP contribution in [0.1, 0.15) is 16.7 Å². The van der Waals surface area contributed by atoms with Crippen LogP contribution < -0.4 is 5.73 Å². The van der Waals surface area contributed by atoms with Crippen molar-refractivity contribution in [1.29, 1.82) is 0 Å². The molecule has 0 aromatic heterocycles. The molecule has 0 atom stereocenters. The third-order valence-electron chi connectivity index (χ3n) is 5.48. The van der Waals surface area contributed by atoms with Crippen LogP contribution in [0.2, 0.25) is 0 Å². The molecule has 0 saturated heterocycles. The molecule has 182 valence electrons. The maximum atomic E-state index is 11.3. The Balaban J connectivity index is 0.000000347. The summed E-state index contributed by atoms with van der Waals surface area (Å²) in [6.07, 6.45) is -0.776. The van der Waals surface area contributed by atoms with Gasteiger partial charge in [-0.3, -0.25) is 4.90 Å². The molecule has 0 fully saturated rings. The second kappa shape index (κ2) is 14.8. The standard InChI is InChI=1S/C21H19NO2.C6H15NO3/c22-20(23)24-16-21(17-10-4-1-5-11-17,18-12-6-2-7-13-18)19-14-8-3-9-15-19;8-4-1-7(2-5-9)3-6-10/h1-15H,16H2,(H2,22,23);8-10H,1-6H2. The van der Waals surface area contributed by atoms with Crippen molar-refractivity contribution in [2.24, 2.45) is 5.73 Å². The van der Waals surface area contributed by atoms with Gasteiger partial charge in [0.25, 0.3) is 0 Å². The summed E-state index contributed by atoms with van der Waals surface area (Å²) < 4.78 is 5.31. The molecular formula is C27H34N2O5. The topological polar surface area (TPSA) is 116 Å². The number of carbonyl (C=O) groups is 1. The average Bonchev–Trinajstić information content (AvgIpc) is 2.87. The Morgan fingerprint density at radius 2 is 1.00 bits per heavy atom. The first-order valence-electron chi connectivity index (χ1n) is 11.2. The van der Waals surface area contributed by atoms with E-state index in [4.69, 9.17) is 25.8 Å². The first kappa shape index (κ1) is 27.0. The number of benzene rings is 3. The van der Waals surface area contributed by atoms with Crippen molar-refractivity contribution in [3.8, 4) is 0 Å². The molecule has 5 N–H and O–H groups in total. The molecule has 0 bridgehead atoms. The first-order valence-corrected chi connectivity index (χ1v) is 11.2. The van der Waals surface area contributed by atoms with Crippen LogP contribution in [0.3, 0.4) is 0 Å². The zero-order chi connectivity index (χ0) is 24.7. The lowest BCUT2D eigenvalue weighted by Gasteiger charge is -2.35. The molecule has 3 rings (SSSR count). The van der Waals surface area contributed by atoms with E-state index in [9.17, 15) is 4.79 Å². The lowest BCUT2D eigenvalue weighted by atomic mass is 9.70. The highest BCUT2D eigenvalue weighted by atomic mass is 16.5. The van der Waals surface area contributed by atoms with Gasteiger partial charge in [0.2, 0.25) is 0 Å². The van der Waals surface area contributed by atoms with Gasteiger partial charge in [-0.1, -0.05) is 91.0 Å². The van der Waals surface area contributed by atoms with E-state index in [0.717, 1.165) is 16.7 Å². The Kier molecular flexibility index (Phi) is 11.8. The minimum Gasteiger partial charge on any atom is -0.448 e. The number of aliphatic hydroxyl groups excluding tert-OH is 3. The Morgan fingerprint density at radius 3 is 1.26 bits per heavy atom. The van der Waals surface area contributed by atoms with E-state index in [-0.39, 0.29) is 26.4 Å². The number of amides is 1. The first-order chi connectivity index (χ1) is 16.6. The molecule has 3 aromatic rings. The summed E-state index contributed by atoms with van der Waals surface area (Å²) in [5.74, 6) is 0. The molecule has 0 radical (unpaired) electrons. The monoisotopic (exact) mass is 466 g/mol. The highest BCUT2D eigenvalue weighted by Gasteiger charge is 2.37. The molecule has 0 aliphatic rings. The van der Waals surface area contributed by atoms with E-state index in [2.05, 4.69) is 0 Å². The van der Waals surface area contributed by atoms with Crippen LogP contribution in [-0.2, 0) is 10.2 Å². The van der Waals surface area contributed by atoms with Crippen LogP contribution in [0.5, 0.6) is 0 Å². The molecule has 34 heavy (non-hydrogen) atoms. The van der Waals surface area contributed by atoms with E-state index in [0.29, 0.717) is 19.6 Å². The Bertz CT molecular complexity index is 828. The normalized spacial score (nSPS) is 10.9. The molecule has 7 nitrogen and oxygen atoms in total. The molecular weight excluding hydrogens is 432 g/mol. The van der Waals surface area contributed by atoms with Crippen molar-refractivity contribution >= 4 is 6.09 Å². The molecule has 7 heteroatoms. The van der Waals surface area contributed by atoms with E-state index in [1.54, 1.807) is 4.90 Å². The summed E-state index contributed by atoms with van der Waals surface area (Å²) in [5.41, 5.74) is 7.80. The second-order valence-electron chi connectivity index (χ2n) is 7.62. The van der Waals surface area contributed by atoms with Gasteiger partial charge in [0, 0.05) is 19.6 Å². The van der Waals surface area contributed by atoms with Crippen molar-refractivity contribution in [2.45, 2.75) is 5.41 Å². The van der Waals surface area contributed by atoms with Crippen LogP contribution in [0, 0.1) is 0 Å². The highest BCUT2D eigenvalue weighted by Crippen LogP contribution is 2.39. The lowest BCUT2D eigenvalue weighted by molar-refractivity contribution is 0.136. The quantitative estimate of drug-likeness (QED) is 0.323. The molecule has 0 spiro atoms. The van der Waals surface area contributed by atoms with Crippen LogP contribution in [0.4, 0.5) is 4.79 Å². The Labute approximate surface area is 201 Å². The summed E-state index contributed by atoms with van der Waals surface area (Å²) in [7, 11) is 0. The number of carbonyl (C=O) groups excluding carboxylic acids is 1. The second-order valence-corrected chi connectivity index (χ2v) is 7.62. The van der Waals surface area contributed by atoms with Gasteiger partial charge in [-0.15, -0.1) is 0 Å². The third kappa shape index (κ3) is 7.67. The zero-order valence-electron chi connectivity index (χ0n) is 19.3. The van der Waals surface area contributed by atoms with E-state index in [1.807, 2.05) is 91.0 Å². The van der Waals surface area contributed by atoms with Crippen molar-refractivity contribution in [3.63, 3.8) is 0 Å². The largest absolute Gasteiger partial charge is 0.448 e. The molecule has 0 aliphatic carbocycles. The van der Waals surface area contributed by atoms with Crippen molar-refractivity contribution in [3.05, 3.63) is 108 Å². The third-order valence-corrected chi connectivity index (χ3v) is 5.48. The zero-order valence-corrected chi connectivity index (χ0v) is 19.3. The minimum absolute atomic E-state index is 0.0694. The number of rotatable bonds is 11. The fraction of sp³-hybridized carbons (Fsp3) is 0.296. The number of nitrogens with two attached hydrogens (primary N) is 1. The molecule has 0 aliphatic heterocycles. The van der Waals surface area contributed by atoms with Gasteiger partial charge >= 0.3 is 6.09 Å². The van der Waals surface area contributed by atoms with Crippen molar-refractivity contribution in [2.75, 3.05) is 46.1 Å². The summed E-state index contributed by atoms with van der Waals surface area (Å²) in [5, 5.41) is 25.5. The SMILES string of the molecule is NC(=O)OCC(c1ccccc1)(c1ccccc1)c1ccccc1.OCCN(CCO)CCO. The van der Waals surface area contributed by atoms with Gasteiger partial charge in [0.05, 0.1) is 25.2 Å². The number of nitrogens with zero attached hydrogens (tertiary/aromatic N) is 1. The van der Waals surface area contributed by atoms with E-state index < -0.39 is 11.5 Å². The average molecular weight is 467 g/mol. The number of hydrogen-bond acceptors (Lipinski definition) is 6. The molecule has 0 heterocycles. The number of ether oxygens (including phenoxy) is 1. The van der Waals surface area contributed by atoms with Crippen LogP contribution in [-0.4, -0.2) is 72.4 Å². The van der Waals surface area contributed by atoms with Crippen molar-refractivity contribution < 1.29 is 24.9 Å². The fourth-order valence-corrected chi connectivity index (χ4v) is 3.86. The fourth-order valence-electron chi connectivity index (χ4n) is 3.86. The maximum Gasteiger partial charge on any atom is 0.404 e. The minimum atomic E-state index is -0.776. The molecule has 1 amide bonds. The molecule has 0 unspecified atom stereocenters. The van der Waals surface area contributed by atoms with Crippen molar-refractivity contribution in [1.82, 2.24) is 4.90 Å². The van der Waals surface area contributed by atoms with Crippen LogP contribution >= 0.6 is 0 Å². The van der Waals surface area contributed by atoms with E-state index in [1.165, 1.54) is 0 Å². The Morgan fingerprint density at radius 1 is 0.676 bits per heavy atom. The number of aliphatic hydroxyl groups is 3. The summed E-state index contributed by atoms with van der Waals surface area (Å²) in [6.45, 7) is 1.89. The predicted molar refractivity (Wildman–Crippen MR) is 132 cm³/mol. The van der Waals surface area contributed by atoms with Gasteiger partial charge < -0.3 is 25.8 Å². The smallest absolute Gasteiger partial charge is 0.404 e. The maximum absolute atomic E-state index is 11.3. The van der Waals surface area contributed by atoms with Crippen LogP contribution in [0.15, 0.2) is 91.0 Å². The summed E-state index contributed by atoms with van der Waals surface area (Å²) >= 11 is 0. The summed E-state index contributed by atoms with van der Waals surface area (Å²) in [6, 6.07) is 30.1. The highest BCUT2D eigenvalue weighted by molar-refractivity contribution is 5.65. The summed E-state index contributed by atoms with van der Waals surface area (Å²) in [4.78, 5) is 13.1. The lowest BCUT2D eigenvalue weighted by Crippen LogP contribution is -2.36. The van der Waals surface area contributed by atoms with Gasteiger partial charge in [-0.2, -0.15) is 0 Å². The predicted octanol–water partition coefficient (Wildman–Crippen LogP) is 2.38. The van der Waals surface area contributed by atoms with E-state index >= 15 is 0 Å². The number of hydrogen-bond donors (Lipinski definition) is 4. The van der Waals surface area contributed by atoms with Gasteiger partial charge in [0.15, 0.2) is 0 Å².